The molecule has 0 aliphatic heterocycles. The molecule has 0 radical (unpaired) electrons. The lowest BCUT2D eigenvalue weighted by Crippen LogP contribution is -2.46. The van der Waals surface area contributed by atoms with Gasteiger partial charge in [0.05, 0.1) is 0 Å². The molecule has 0 bridgehead atoms. The zero-order chi connectivity index (χ0) is 13.0. The fourth-order valence-corrected chi connectivity index (χ4v) is 4.17. The number of nitrogens with two attached hydrogens (primary N) is 1. The Morgan fingerprint density at radius 2 is 1.28 bits per heavy atom. The smallest absolute Gasteiger partial charge is 0.320 e. The van der Waals surface area contributed by atoms with Crippen LogP contribution in [-0.2, 0) is 4.79 Å². The Morgan fingerprint density at radius 1 is 0.889 bits per heavy atom. The van der Waals surface area contributed by atoms with Gasteiger partial charge in [-0.1, -0.05) is 64.2 Å². The van der Waals surface area contributed by atoms with Crippen LogP contribution in [0.1, 0.15) is 64.2 Å². The molecular formula is C15H27NO2. The summed E-state index contributed by atoms with van der Waals surface area (Å²) in [7, 11) is 0. The molecule has 3 N–H and O–H groups in total. The molecule has 2 rings (SSSR count). The number of hydrogen-bond donors (Lipinski definition) is 2. The van der Waals surface area contributed by atoms with E-state index in [1.807, 2.05) is 0 Å². The number of hydrogen-bond acceptors (Lipinski definition) is 2. The van der Waals surface area contributed by atoms with Gasteiger partial charge in [0.15, 0.2) is 0 Å². The summed E-state index contributed by atoms with van der Waals surface area (Å²) in [6.07, 6.45) is 12.5. The van der Waals surface area contributed by atoms with Crippen molar-refractivity contribution in [2.45, 2.75) is 70.3 Å². The highest BCUT2D eigenvalue weighted by atomic mass is 16.4. The van der Waals surface area contributed by atoms with Crippen molar-refractivity contribution in [1.82, 2.24) is 0 Å². The monoisotopic (exact) mass is 253 g/mol. The Bertz CT molecular complexity index is 250. The first-order valence-electron chi connectivity index (χ1n) is 7.68. The third-order valence-electron chi connectivity index (χ3n) is 5.09. The van der Waals surface area contributed by atoms with Crippen molar-refractivity contribution in [3.05, 3.63) is 0 Å². The minimum absolute atomic E-state index is 0.225. The molecule has 0 aromatic rings. The maximum atomic E-state index is 11.3. The van der Waals surface area contributed by atoms with Gasteiger partial charge in [-0.05, 0) is 17.8 Å². The van der Waals surface area contributed by atoms with Crippen molar-refractivity contribution >= 4 is 5.97 Å². The lowest BCUT2D eigenvalue weighted by Gasteiger charge is -2.39. The van der Waals surface area contributed by atoms with Crippen LogP contribution >= 0.6 is 0 Å². The highest BCUT2D eigenvalue weighted by molar-refractivity contribution is 5.73. The van der Waals surface area contributed by atoms with Gasteiger partial charge in [-0.15, -0.1) is 0 Å². The average molecular weight is 253 g/mol. The second-order valence-electron chi connectivity index (χ2n) is 6.24. The SMILES string of the molecule is NC(C(=O)O)C(C1CCCCC1)C1CCCCC1. The molecule has 2 aliphatic carbocycles. The Kier molecular flexibility index (Phi) is 5.04. The molecular weight excluding hydrogens is 226 g/mol. The van der Waals surface area contributed by atoms with Crippen LogP contribution in [0.25, 0.3) is 0 Å². The summed E-state index contributed by atoms with van der Waals surface area (Å²) in [4.78, 5) is 11.3. The molecule has 0 heterocycles. The molecule has 2 aliphatic rings. The van der Waals surface area contributed by atoms with Crippen LogP contribution in [0.3, 0.4) is 0 Å². The van der Waals surface area contributed by atoms with E-state index < -0.39 is 12.0 Å². The van der Waals surface area contributed by atoms with Gasteiger partial charge in [0, 0.05) is 0 Å². The third kappa shape index (κ3) is 3.25. The van der Waals surface area contributed by atoms with E-state index in [2.05, 4.69) is 0 Å². The van der Waals surface area contributed by atoms with E-state index in [1.54, 1.807) is 0 Å². The van der Waals surface area contributed by atoms with E-state index in [1.165, 1.54) is 64.2 Å². The molecule has 1 atom stereocenters. The molecule has 18 heavy (non-hydrogen) atoms. The Balaban J connectivity index is 2.07. The minimum atomic E-state index is -0.795. The second-order valence-corrected chi connectivity index (χ2v) is 6.24. The summed E-state index contributed by atoms with van der Waals surface area (Å²) >= 11 is 0. The molecule has 3 heteroatoms. The number of aliphatic carboxylic acids is 1. The minimum Gasteiger partial charge on any atom is -0.480 e. The Hall–Kier alpha value is -0.570. The largest absolute Gasteiger partial charge is 0.480 e. The van der Waals surface area contributed by atoms with Crippen LogP contribution in [0.2, 0.25) is 0 Å². The van der Waals surface area contributed by atoms with E-state index in [9.17, 15) is 9.90 Å². The van der Waals surface area contributed by atoms with Gasteiger partial charge < -0.3 is 10.8 Å². The molecule has 0 aromatic carbocycles. The predicted molar refractivity (Wildman–Crippen MR) is 72.3 cm³/mol. The first kappa shape index (κ1) is 13.9. The number of carboxylic acid groups (broad SMARTS) is 1. The van der Waals surface area contributed by atoms with Gasteiger partial charge in [0.1, 0.15) is 6.04 Å². The van der Waals surface area contributed by atoms with E-state index in [0.29, 0.717) is 11.8 Å². The van der Waals surface area contributed by atoms with Gasteiger partial charge in [0.25, 0.3) is 0 Å². The van der Waals surface area contributed by atoms with Crippen molar-refractivity contribution in [1.29, 1.82) is 0 Å². The van der Waals surface area contributed by atoms with E-state index in [4.69, 9.17) is 5.73 Å². The molecule has 0 saturated heterocycles. The van der Waals surface area contributed by atoms with Crippen molar-refractivity contribution in [3.63, 3.8) is 0 Å². The number of carboxylic acids is 1. The van der Waals surface area contributed by atoms with Gasteiger partial charge in [-0.3, -0.25) is 4.79 Å². The van der Waals surface area contributed by atoms with Gasteiger partial charge >= 0.3 is 5.97 Å². The molecule has 0 amide bonds. The lowest BCUT2D eigenvalue weighted by molar-refractivity contribution is -0.141. The van der Waals surface area contributed by atoms with Gasteiger partial charge in [-0.25, -0.2) is 0 Å². The summed E-state index contributed by atoms with van der Waals surface area (Å²) in [6, 6.07) is -0.642. The Labute approximate surface area is 110 Å². The fourth-order valence-electron chi connectivity index (χ4n) is 4.17. The fraction of sp³-hybridized carbons (Fsp3) is 0.933. The quantitative estimate of drug-likeness (QED) is 0.809. The average Bonchev–Trinajstić information content (AvgIpc) is 2.41. The first-order valence-corrected chi connectivity index (χ1v) is 7.68. The maximum Gasteiger partial charge on any atom is 0.320 e. The van der Waals surface area contributed by atoms with Crippen LogP contribution in [0.15, 0.2) is 0 Å². The Morgan fingerprint density at radius 3 is 1.61 bits per heavy atom. The molecule has 104 valence electrons. The standard InChI is InChI=1S/C15H27NO2/c16-14(15(17)18)13(11-7-3-1-4-8-11)12-9-5-2-6-10-12/h11-14H,1-10,16H2,(H,17,18). The number of carbonyl (C=O) groups is 1. The van der Waals surface area contributed by atoms with Crippen molar-refractivity contribution in [3.8, 4) is 0 Å². The lowest BCUT2D eigenvalue weighted by atomic mass is 9.67. The van der Waals surface area contributed by atoms with Crippen molar-refractivity contribution in [2.75, 3.05) is 0 Å². The maximum absolute atomic E-state index is 11.3. The van der Waals surface area contributed by atoms with Gasteiger partial charge in [0.2, 0.25) is 0 Å². The highest BCUT2D eigenvalue weighted by Gasteiger charge is 2.38. The van der Waals surface area contributed by atoms with Crippen LogP contribution in [0.5, 0.6) is 0 Å². The predicted octanol–water partition coefficient (Wildman–Crippen LogP) is 3.18. The highest BCUT2D eigenvalue weighted by Crippen LogP contribution is 2.41. The zero-order valence-electron chi connectivity index (χ0n) is 11.3. The van der Waals surface area contributed by atoms with Crippen molar-refractivity contribution < 1.29 is 9.90 Å². The summed E-state index contributed by atoms with van der Waals surface area (Å²) < 4.78 is 0. The molecule has 1 unspecified atom stereocenters. The summed E-state index contributed by atoms with van der Waals surface area (Å²) in [5.41, 5.74) is 6.02. The summed E-state index contributed by atoms with van der Waals surface area (Å²) in [5.74, 6) is 0.556. The molecule has 0 spiro atoms. The van der Waals surface area contributed by atoms with E-state index in [-0.39, 0.29) is 5.92 Å². The summed E-state index contributed by atoms with van der Waals surface area (Å²) in [5, 5.41) is 9.29. The molecule has 3 nitrogen and oxygen atoms in total. The van der Waals surface area contributed by atoms with Crippen LogP contribution in [0.4, 0.5) is 0 Å². The number of rotatable bonds is 4. The van der Waals surface area contributed by atoms with E-state index >= 15 is 0 Å². The first-order chi connectivity index (χ1) is 8.70. The molecule has 2 fully saturated rings. The summed E-state index contributed by atoms with van der Waals surface area (Å²) in [6.45, 7) is 0. The molecule has 2 saturated carbocycles. The normalized spacial score (nSPS) is 25.2. The second kappa shape index (κ2) is 6.55. The zero-order valence-corrected chi connectivity index (χ0v) is 11.3. The van der Waals surface area contributed by atoms with Crippen LogP contribution < -0.4 is 5.73 Å². The topological polar surface area (TPSA) is 63.3 Å². The van der Waals surface area contributed by atoms with Crippen molar-refractivity contribution in [2.24, 2.45) is 23.5 Å². The van der Waals surface area contributed by atoms with Crippen LogP contribution in [-0.4, -0.2) is 17.1 Å². The van der Waals surface area contributed by atoms with Crippen LogP contribution in [0, 0.1) is 17.8 Å². The van der Waals surface area contributed by atoms with Gasteiger partial charge in [-0.2, -0.15) is 0 Å². The third-order valence-corrected chi connectivity index (χ3v) is 5.09. The molecule has 0 aromatic heterocycles. The van der Waals surface area contributed by atoms with E-state index in [0.717, 1.165) is 0 Å².